The van der Waals surface area contributed by atoms with Gasteiger partial charge in [0.15, 0.2) is 0 Å². The monoisotopic (exact) mass is 329 g/mol. The van der Waals surface area contributed by atoms with Crippen LogP contribution < -0.4 is 0 Å². The van der Waals surface area contributed by atoms with Crippen LogP contribution in [0.3, 0.4) is 0 Å². The summed E-state index contributed by atoms with van der Waals surface area (Å²) in [6.07, 6.45) is 7.53. The maximum atomic E-state index is 12.6. The summed E-state index contributed by atoms with van der Waals surface area (Å²) < 4.78 is 0. The van der Waals surface area contributed by atoms with Gasteiger partial charge in [0.25, 0.3) is 0 Å². The molecule has 0 bridgehead atoms. The molecule has 0 saturated carbocycles. The van der Waals surface area contributed by atoms with Gasteiger partial charge in [0.2, 0.25) is 5.91 Å². The van der Waals surface area contributed by atoms with E-state index in [1.54, 1.807) is 17.5 Å². The van der Waals surface area contributed by atoms with Crippen LogP contribution in [0.4, 0.5) is 0 Å². The Bertz CT molecular complexity index is 668. The SMILES string of the molecule is Cc1nc(C)c(CC(=O)N2CCCC(Cc3cccnc3)C2)s1. The Labute approximate surface area is 141 Å². The van der Waals surface area contributed by atoms with Gasteiger partial charge in [-0.25, -0.2) is 4.98 Å². The topological polar surface area (TPSA) is 46.1 Å². The Morgan fingerprint density at radius 2 is 2.30 bits per heavy atom. The first-order chi connectivity index (χ1) is 11.1. The number of piperidine rings is 1. The molecule has 1 amide bonds. The van der Waals surface area contributed by atoms with Crippen molar-refractivity contribution in [3.8, 4) is 0 Å². The highest BCUT2D eigenvalue weighted by Crippen LogP contribution is 2.23. The molecule has 3 heterocycles. The van der Waals surface area contributed by atoms with Gasteiger partial charge in [-0.2, -0.15) is 0 Å². The van der Waals surface area contributed by atoms with Crippen molar-refractivity contribution in [3.05, 3.63) is 45.7 Å². The number of hydrogen-bond acceptors (Lipinski definition) is 4. The third-order valence-corrected chi connectivity index (χ3v) is 5.50. The molecule has 122 valence electrons. The number of amides is 1. The molecule has 2 aromatic rings. The van der Waals surface area contributed by atoms with E-state index in [-0.39, 0.29) is 5.91 Å². The van der Waals surface area contributed by atoms with Gasteiger partial charge in [-0.05, 0) is 50.7 Å². The number of carbonyl (C=O) groups excluding carboxylic acids is 1. The number of carbonyl (C=O) groups is 1. The van der Waals surface area contributed by atoms with Crippen LogP contribution in [0.5, 0.6) is 0 Å². The summed E-state index contributed by atoms with van der Waals surface area (Å²) in [7, 11) is 0. The summed E-state index contributed by atoms with van der Waals surface area (Å²) in [6.45, 7) is 5.74. The highest BCUT2D eigenvalue weighted by atomic mass is 32.1. The van der Waals surface area contributed by atoms with E-state index in [0.29, 0.717) is 12.3 Å². The number of pyridine rings is 1. The highest BCUT2D eigenvalue weighted by molar-refractivity contribution is 7.11. The molecule has 1 saturated heterocycles. The number of aromatic nitrogens is 2. The lowest BCUT2D eigenvalue weighted by Crippen LogP contribution is -2.41. The fourth-order valence-corrected chi connectivity index (χ4v) is 4.23. The molecule has 0 N–H and O–H groups in total. The standard InChI is InChI=1S/C18H23N3OS/c1-13-17(23-14(2)20-13)10-18(22)21-8-4-6-16(12-21)9-15-5-3-7-19-11-15/h3,5,7,11,16H,4,6,8-10,12H2,1-2H3. The van der Waals surface area contributed by atoms with Crippen molar-refractivity contribution in [2.75, 3.05) is 13.1 Å². The zero-order valence-electron chi connectivity index (χ0n) is 13.8. The molecule has 23 heavy (non-hydrogen) atoms. The lowest BCUT2D eigenvalue weighted by atomic mass is 9.91. The van der Waals surface area contributed by atoms with E-state index < -0.39 is 0 Å². The van der Waals surface area contributed by atoms with Gasteiger partial charge in [0, 0.05) is 30.4 Å². The maximum Gasteiger partial charge on any atom is 0.227 e. The third kappa shape index (κ3) is 4.16. The molecule has 0 radical (unpaired) electrons. The molecule has 1 unspecified atom stereocenters. The number of likely N-dealkylation sites (tertiary alicyclic amines) is 1. The molecule has 1 aliphatic heterocycles. The number of nitrogens with zero attached hydrogens (tertiary/aromatic N) is 3. The molecule has 5 heteroatoms. The van der Waals surface area contributed by atoms with Gasteiger partial charge in [0.1, 0.15) is 0 Å². The van der Waals surface area contributed by atoms with Gasteiger partial charge in [-0.1, -0.05) is 6.07 Å². The summed E-state index contributed by atoms with van der Waals surface area (Å²) in [5, 5.41) is 1.04. The summed E-state index contributed by atoms with van der Waals surface area (Å²) >= 11 is 1.64. The first-order valence-electron chi connectivity index (χ1n) is 8.21. The molecule has 3 rings (SSSR count). The van der Waals surface area contributed by atoms with Crippen molar-refractivity contribution in [1.82, 2.24) is 14.9 Å². The lowest BCUT2D eigenvalue weighted by Gasteiger charge is -2.33. The second-order valence-electron chi connectivity index (χ2n) is 6.33. The van der Waals surface area contributed by atoms with E-state index in [9.17, 15) is 4.79 Å². The first kappa shape index (κ1) is 16.1. The molecular formula is C18H23N3OS. The largest absolute Gasteiger partial charge is 0.342 e. The Kier molecular flexibility index (Phi) is 5.06. The zero-order chi connectivity index (χ0) is 16.2. The van der Waals surface area contributed by atoms with Crippen LogP contribution in [0.2, 0.25) is 0 Å². The van der Waals surface area contributed by atoms with Gasteiger partial charge >= 0.3 is 0 Å². The van der Waals surface area contributed by atoms with Crippen LogP contribution >= 0.6 is 11.3 Å². The van der Waals surface area contributed by atoms with Gasteiger partial charge in [-0.3, -0.25) is 9.78 Å². The molecule has 1 aliphatic rings. The van der Waals surface area contributed by atoms with Crippen molar-refractivity contribution in [3.63, 3.8) is 0 Å². The minimum Gasteiger partial charge on any atom is -0.342 e. The Morgan fingerprint density at radius 3 is 3.00 bits per heavy atom. The minimum atomic E-state index is 0.243. The summed E-state index contributed by atoms with van der Waals surface area (Å²) in [5.74, 6) is 0.786. The van der Waals surface area contributed by atoms with E-state index in [1.807, 2.05) is 31.0 Å². The number of aryl methyl sites for hydroxylation is 2. The predicted octanol–water partition coefficient (Wildman–Crippen LogP) is 3.18. The van der Waals surface area contributed by atoms with E-state index in [2.05, 4.69) is 16.0 Å². The Balaban J connectivity index is 1.59. The minimum absolute atomic E-state index is 0.243. The van der Waals surface area contributed by atoms with Crippen molar-refractivity contribution >= 4 is 17.2 Å². The second-order valence-corrected chi connectivity index (χ2v) is 7.62. The molecule has 0 aliphatic carbocycles. The van der Waals surface area contributed by atoms with Crippen LogP contribution in [0.15, 0.2) is 24.5 Å². The fourth-order valence-electron chi connectivity index (χ4n) is 3.30. The Hall–Kier alpha value is -1.75. The number of hydrogen-bond donors (Lipinski definition) is 0. The molecule has 0 aromatic carbocycles. The average molecular weight is 329 g/mol. The molecule has 1 fully saturated rings. The second kappa shape index (κ2) is 7.21. The number of thiazole rings is 1. The molecule has 4 nitrogen and oxygen atoms in total. The van der Waals surface area contributed by atoms with Gasteiger partial charge in [-0.15, -0.1) is 11.3 Å². The van der Waals surface area contributed by atoms with Crippen molar-refractivity contribution in [2.24, 2.45) is 5.92 Å². The zero-order valence-corrected chi connectivity index (χ0v) is 14.6. The Morgan fingerprint density at radius 1 is 1.43 bits per heavy atom. The maximum absolute atomic E-state index is 12.6. The first-order valence-corrected chi connectivity index (χ1v) is 9.03. The fraction of sp³-hybridized carbons (Fsp3) is 0.500. The van der Waals surface area contributed by atoms with Crippen molar-refractivity contribution < 1.29 is 4.79 Å². The van der Waals surface area contributed by atoms with Crippen LogP contribution in [0.25, 0.3) is 0 Å². The summed E-state index contributed by atoms with van der Waals surface area (Å²) in [5.41, 5.74) is 2.27. The van der Waals surface area contributed by atoms with E-state index in [0.717, 1.165) is 41.5 Å². The average Bonchev–Trinajstić information content (AvgIpc) is 2.86. The molecule has 1 atom stereocenters. The number of rotatable bonds is 4. The van der Waals surface area contributed by atoms with Crippen molar-refractivity contribution in [2.45, 2.75) is 39.5 Å². The van der Waals surface area contributed by atoms with Crippen LogP contribution in [0.1, 0.15) is 34.0 Å². The van der Waals surface area contributed by atoms with E-state index in [4.69, 9.17) is 0 Å². The summed E-state index contributed by atoms with van der Waals surface area (Å²) in [6, 6.07) is 4.10. The quantitative estimate of drug-likeness (QED) is 0.865. The highest BCUT2D eigenvalue weighted by Gasteiger charge is 2.24. The van der Waals surface area contributed by atoms with Crippen LogP contribution in [-0.2, 0) is 17.6 Å². The van der Waals surface area contributed by atoms with Crippen molar-refractivity contribution in [1.29, 1.82) is 0 Å². The van der Waals surface area contributed by atoms with Gasteiger partial charge in [0.05, 0.1) is 17.1 Å². The normalized spacial score (nSPS) is 18.2. The molecule has 0 spiro atoms. The summed E-state index contributed by atoms with van der Waals surface area (Å²) in [4.78, 5) is 24.4. The van der Waals surface area contributed by atoms with Crippen LogP contribution in [-0.4, -0.2) is 33.9 Å². The third-order valence-electron chi connectivity index (χ3n) is 4.43. The van der Waals surface area contributed by atoms with E-state index in [1.165, 1.54) is 12.0 Å². The lowest BCUT2D eigenvalue weighted by molar-refractivity contribution is -0.132. The predicted molar refractivity (Wildman–Crippen MR) is 92.5 cm³/mol. The van der Waals surface area contributed by atoms with E-state index >= 15 is 0 Å². The molecule has 2 aromatic heterocycles. The van der Waals surface area contributed by atoms with Gasteiger partial charge < -0.3 is 4.90 Å². The van der Waals surface area contributed by atoms with Crippen LogP contribution in [0, 0.1) is 19.8 Å². The smallest absolute Gasteiger partial charge is 0.227 e. The molecular weight excluding hydrogens is 306 g/mol.